The molecule has 1 fully saturated rings. The molecule has 0 radical (unpaired) electrons. The maximum Gasteiger partial charge on any atom is 0.0439 e. The molecule has 0 aromatic carbocycles. The van der Waals surface area contributed by atoms with Crippen LogP contribution >= 0.6 is 11.3 Å². The summed E-state index contributed by atoms with van der Waals surface area (Å²) >= 11 is 1.89. The fourth-order valence-electron chi connectivity index (χ4n) is 2.69. The molecular formula is C13H22N2S. The van der Waals surface area contributed by atoms with Gasteiger partial charge in [0.1, 0.15) is 0 Å². The zero-order valence-corrected chi connectivity index (χ0v) is 10.9. The van der Waals surface area contributed by atoms with E-state index in [-0.39, 0.29) is 0 Å². The number of likely N-dealkylation sites (tertiary alicyclic amines) is 1. The van der Waals surface area contributed by atoms with E-state index in [2.05, 4.69) is 29.3 Å². The second-order valence-electron chi connectivity index (χ2n) is 4.68. The minimum absolute atomic E-state index is 0.620. The van der Waals surface area contributed by atoms with Crippen LogP contribution in [0, 0.1) is 5.92 Å². The molecule has 1 aliphatic heterocycles. The lowest BCUT2D eigenvalue weighted by Gasteiger charge is -2.37. The van der Waals surface area contributed by atoms with Gasteiger partial charge in [-0.05, 0) is 49.7 Å². The van der Waals surface area contributed by atoms with E-state index in [1.54, 1.807) is 0 Å². The summed E-state index contributed by atoms with van der Waals surface area (Å²) < 4.78 is 0. The standard InChI is InChI=1S/C13H22N2S/c1-2-12(13-6-4-8-16-13)15-7-3-5-11(9-14)10-15/h4,6,8,11-12H,2-3,5,7,9-10,14H2,1H3. The molecule has 16 heavy (non-hydrogen) atoms. The van der Waals surface area contributed by atoms with Gasteiger partial charge in [-0.25, -0.2) is 0 Å². The van der Waals surface area contributed by atoms with Crippen molar-refractivity contribution in [2.45, 2.75) is 32.2 Å². The highest BCUT2D eigenvalue weighted by molar-refractivity contribution is 7.10. The van der Waals surface area contributed by atoms with Crippen molar-refractivity contribution in [3.63, 3.8) is 0 Å². The van der Waals surface area contributed by atoms with Crippen LogP contribution in [0.25, 0.3) is 0 Å². The summed E-state index contributed by atoms with van der Waals surface area (Å²) in [5.74, 6) is 0.711. The van der Waals surface area contributed by atoms with Gasteiger partial charge in [0.25, 0.3) is 0 Å². The molecule has 1 aromatic rings. The number of rotatable bonds is 4. The number of hydrogen-bond donors (Lipinski definition) is 1. The lowest BCUT2D eigenvalue weighted by molar-refractivity contribution is 0.124. The van der Waals surface area contributed by atoms with E-state index < -0.39 is 0 Å². The second kappa shape index (κ2) is 5.80. The van der Waals surface area contributed by atoms with E-state index in [1.165, 1.54) is 37.2 Å². The molecule has 2 heterocycles. The van der Waals surface area contributed by atoms with Crippen LogP contribution in [0.2, 0.25) is 0 Å². The third-order valence-electron chi connectivity index (χ3n) is 3.58. The molecule has 0 spiro atoms. The highest BCUT2D eigenvalue weighted by Gasteiger charge is 2.25. The normalized spacial score (nSPS) is 24.5. The van der Waals surface area contributed by atoms with Gasteiger partial charge in [0, 0.05) is 17.5 Å². The molecule has 0 amide bonds. The molecule has 2 nitrogen and oxygen atoms in total. The van der Waals surface area contributed by atoms with Crippen molar-refractivity contribution in [2.24, 2.45) is 11.7 Å². The topological polar surface area (TPSA) is 29.3 Å². The third kappa shape index (κ3) is 2.65. The Morgan fingerprint density at radius 2 is 2.50 bits per heavy atom. The molecule has 1 aliphatic rings. The van der Waals surface area contributed by atoms with Crippen molar-refractivity contribution < 1.29 is 0 Å². The monoisotopic (exact) mass is 238 g/mol. The summed E-state index contributed by atoms with van der Waals surface area (Å²) in [5.41, 5.74) is 5.80. The first kappa shape index (κ1) is 12.1. The lowest BCUT2D eigenvalue weighted by atomic mass is 9.96. The van der Waals surface area contributed by atoms with Crippen molar-refractivity contribution in [1.29, 1.82) is 0 Å². The average molecular weight is 238 g/mol. The Labute approximate surface area is 102 Å². The summed E-state index contributed by atoms with van der Waals surface area (Å²) in [5, 5.41) is 2.18. The lowest BCUT2D eigenvalue weighted by Crippen LogP contribution is -2.40. The molecule has 0 aliphatic carbocycles. The summed E-state index contributed by atoms with van der Waals surface area (Å²) in [7, 11) is 0. The van der Waals surface area contributed by atoms with E-state index in [0.29, 0.717) is 12.0 Å². The Kier molecular flexibility index (Phi) is 4.38. The van der Waals surface area contributed by atoms with E-state index >= 15 is 0 Å². The predicted molar refractivity (Wildman–Crippen MR) is 70.7 cm³/mol. The van der Waals surface area contributed by atoms with Gasteiger partial charge in [0.15, 0.2) is 0 Å². The first-order valence-electron chi connectivity index (χ1n) is 6.32. The van der Waals surface area contributed by atoms with E-state index in [1.807, 2.05) is 11.3 Å². The van der Waals surface area contributed by atoms with Crippen molar-refractivity contribution in [2.75, 3.05) is 19.6 Å². The third-order valence-corrected chi connectivity index (χ3v) is 4.56. The smallest absolute Gasteiger partial charge is 0.0439 e. The van der Waals surface area contributed by atoms with Crippen LogP contribution in [-0.2, 0) is 0 Å². The summed E-state index contributed by atoms with van der Waals surface area (Å²) in [4.78, 5) is 4.15. The Bertz CT molecular complexity index is 297. The highest BCUT2D eigenvalue weighted by atomic mass is 32.1. The van der Waals surface area contributed by atoms with Crippen LogP contribution < -0.4 is 5.73 Å². The molecule has 0 saturated carbocycles. The Morgan fingerprint density at radius 1 is 1.62 bits per heavy atom. The summed E-state index contributed by atoms with van der Waals surface area (Å²) in [6, 6.07) is 5.05. The van der Waals surface area contributed by atoms with Gasteiger partial charge in [-0.15, -0.1) is 11.3 Å². The Balaban J connectivity index is 2.03. The van der Waals surface area contributed by atoms with Gasteiger partial charge >= 0.3 is 0 Å². The molecule has 1 aromatic heterocycles. The highest BCUT2D eigenvalue weighted by Crippen LogP contribution is 2.31. The average Bonchev–Trinajstić information content (AvgIpc) is 2.84. The van der Waals surface area contributed by atoms with Gasteiger partial charge in [-0.1, -0.05) is 13.0 Å². The van der Waals surface area contributed by atoms with Crippen molar-refractivity contribution in [3.05, 3.63) is 22.4 Å². The van der Waals surface area contributed by atoms with Gasteiger partial charge in [0.05, 0.1) is 0 Å². The zero-order valence-electron chi connectivity index (χ0n) is 10.1. The SMILES string of the molecule is CCC(c1cccs1)N1CCCC(CN)C1. The molecule has 2 rings (SSSR count). The van der Waals surface area contributed by atoms with Crippen LogP contribution in [0.4, 0.5) is 0 Å². The molecule has 2 N–H and O–H groups in total. The van der Waals surface area contributed by atoms with Crippen LogP contribution in [-0.4, -0.2) is 24.5 Å². The van der Waals surface area contributed by atoms with E-state index in [0.717, 1.165) is 6.54 Å². The van der Waals surface area contributed by atoms with Gasteiger partial charge in [-0.3, -0.25) is 4.90 Å². The number of hydrogen-bond acceptors (Lipinski definition) is 3. The number of thiophene rings is 1. The minimum atomic E-state index is 0.620. The first-order valence-corrected chi connectivity index (χ1v) is 7.20. The predicted octanol–water partition coefficient (Wildman–Crippen LogP) is 2.87. The summed E-state index contributed by atoms with van der Waals surface area (Å²) in [6.45, 7) is 5.56. The minimum Gasteiger partial charge on any atom is -0.330 e. The Hall–Kier alpha value is -0.380. The van der Waals surface area contributed by atoms with Crippen LogP contribution in [0.1, 0.15) is 37.1 Å². The van der Waals surface area contributed by atoms with Crippen molar-refractivity contribution in [1.82, 2.24) is 4.90 Å². The maximum absolute atomic E-state index is 5.80. The summed E-state index contributed by atoms with van der Waals surface area (Å²) in [6.07, 6.45) is 3.83. The fourth-order valence-corrected chi connectivity index (χ4v) is 3.64. The Morgan fingerprint density at radius 3 is 3.12 bits per heavy atom. The molecular weight excluding hydrogens is 216 g/mol. The van der Waals surface area contributed by atoms with Crippen molar-refractivity contribution >= 4 is 11.3 Å². The number of piperidine rings is 1. The van der Waals surface area contributed by atoms with Crippen LogP contribution in [0.3, 0.4) is 0 Å². The molecule has 2 atom stereocenters. The molecule has 0 bridgehead atoms. The fraction of sp³-hybridized carbons (Fsp3) is 0.692. The number of nitrogens with zero attached hydrogens (tertiary/aromatic N) is 1. The molecule has 2 unspecified atom stereocenters. The van der Waals surface area contributed by atoms with Crippen LogP contribution in [0.5, 0.6) is 0 Å². The van der Waals surface area contributed by atoms with Gasteiger partial charge in [0.2, 0.25) is 0 Å². The van der Waals surface area contributed by atoms with E-state index in [4.69, 9.17) is 5.73 Å². The second-order valence-corrected chi connectivity index (χ2v) is 5.66. The largest absolute Gasteiger partial charge is 0.330 e. The van der Waals surface area contributed by atoms with Crippen LogP contribution in [0.15, 0.2) is 17.5 Å². The number of nitrogens with two attached hydrogens (primary N) is 1. The molecule has 1 saturated heterocycles. The maximum atomic E-state index is 5.80. The van der Waals surface area contributed by atoms with Gasteiger partial charge in [-0.2, -0.15) is 0 Å². The van der Waals surface area contributed by atoms with E-state index in [9.17, 15) is 0 Å². The molecule has 3 heteroatoms. The van der Waals surface area contributed by atoms with Gasteiger partial charge < -0.3 is 5.73 Å². The van der Waals surface area contributed by atoms with Crippen molar-refractivity contribution in [3.8, 4) is 0 Å². The first-order chi connectivity index (χ1) is 7.85. The zero-order chi connectivity index (χ0) is 11.4. The quantitative estimate of drug-likeness (QED) is 0.874. The molecule has 90 valence electrons.